The molecule has 0 aliphatic heterocycles. The third kappa shape index (κ3) is 7.45. The van der Waals surface area contributed by atoms with Gasteiger partial charge in [-0.2, -0.15) is 0 Å². The second-order valence-electron chi connectivity index (χ2n) is 4.83. The lowest BCUT2D eigenvalue weighted by atomic mass is 10.1. The van der Waals surface area contributed by atoms with Crippen molar-refractivity contribution in [3.8, 4) is 0 Å². The molecular weight excluding hydrogens is 292 g/mol. The van der Waals surface area contributed by atoms with E-state index >= 15 is 0 Å². The fourth-order valence-corrected chi connectivity index (χ4v) is 2.63. The maximum Gasteiger partial charge on any atom is 0.319 e. The summed E-state index contributed by atoms with van der Waals surface area (Å²) in [6.45, 7) is 1.78. The van der Waals surface area contributed by atoms with Gasteiger partial charge in [-0.25, -0.2) is 4.79 Å². The van der Waals surface area contributed by atoms with Gasteiger partial charge in [-0.1, -0.05) is 12.1 Å². The van der Waals surface area contributed by atoms with Crippen LogP contribution in [-0.2, 0) is 22.0 Å². The van der Waals surface area contributed by atoms with E-state index in [0.29, 0.717) is 17.9 Å². The van der Waals surface area contributed by atoms with E-state index in [1.807, 2.05) is 6.07 Å². The predicted octanol–water partition coefficient (Wildman–Crippen LogP) is 1.59. The van der Waals surface area contributed by atoms with Crippen molar-refractivity contribution in [1.29, 1.82) is 0 Å². The van der Waals surface area contributed by atoms with Gasteiger partial charge in [-0.15, -0.1) is 0 Å². The van der Waals surface area contributed by atoms with Gasteiger partial charge in [0.25, 0.3) is 0 Å². The minimum absolute atomic E-state index is 0.0506. The molecule has 0 aromatic heterocycles. The van der Waals surface area contributed by atoms with Crippen LogP contribution in [0.5, 0.6) is 0 Å². The second-order valence-corrected chi connectivity index (χ2v) is 6.31. The topological polar surface area (TPSA) is 95.5 Å². The first-order valence-corrected chi connectivity index (χ1v) is 8.28. The Hall–Kier alpha value is -1.89. The van der Waals surface area contributed by atoms with Crippen LogP contribution in [0.15, 0.2) is 24.3 Å². The van der Waals surface area contributed by atoms with Gasteiger partial charge in [-0.05, 0) is 31.0 Å². The first-order chi connectivity index (χ1) is 9.86. The Morgan fingerprint density at radius 3 is 2.71 bits per heavy atom. The molecule has 2 unspecified atom stereocenters. The zero-order valence-electron chi connectivity index (χ0n) is 12.1. The van der Waals surface area contributed by atoms with Gasteiger partial charge < -0.3 is 15.7 Å². The molecule has 3 N–H and O–H groups in total. The smallest absolute Gasteiger partial charge is 0.319 e. The van der Waals surface area contributed by atoms with Crippen molar-refractivity contribution in [1.82, 2.24) is 5.32 Å². The van der Waals surface area contributed by atoms with Crippen molar-refractivity contribution in [2.45, 2.75) is 25.8 Å². The third-order valence-electron chi connectivity index (χ3n) is 2.67. The number of carboxylic acid groups (broad SMARTS) is 1. The highest BCUT2D eigenvalue weighted by molar-refractivity contribution is 7.84. The zero-order chi connectivity index (χ0) is 15.8. The number of amides is 2. The highest BCUT2D eigenvalue weighted by Crippen LogP contribution is 2.12. The number of aliphatic carboxylic acids is 1. The summed E-state index contributed by atoms with van der Waals surface area (Å²) in [6.07, 6.45) is 2.05. The molecule has 1 aromatic carbocycles. The van der Waals surface area contributed by atoms with Gasteiger partial charge in [0.2, 0.25) is 0 Å². The van der Waals surface area contributed by atoms with Crippen molar-refractivity contribution in [2.75, 3.05) is 17.3 Å². The summed E-state index contributed by atoms with van der Waals surface area (Å²) in [5.41, 5.74) is 1.44. The average molecular weight is 312 g/mol. The number of aryl methyl sites for hydroxylation is 1. The molecule has 0 bridgehead atoms. The average Bonchev–Trinajstić information content (AvgIpc) is 2.35. The molecule has 116 valence electrons. The minimum atomic E-state index is -0.968. The summed E-state index contributed by atoms with van der Waals surface area (Å²) in [7, 11) is -0.968. The van der Waals surface area contributed by atoms with Gasteiger partial charge in [0.1, 0.15) is 0 Å². The Balaban J connectivity index is 2.54. The van der Waals surface area contributed by atoms with E-state index in [2.05, 4.69) is 10.6 Å². The molecule has 0 radical (unpaired) electrons. The third-order valence-corrected chi connectivity index (χ3v) is 3.64. The Bertz CT molecular complexity index is 533. The van der Waals surface area contributed by atoms with Crippen molar-refractivity contribution in [3.05, 3.63) is 29.8 Å². The molecule has 1 rings (SSSR count). The highest BCUT2D eigenvalue weighted by atomic mass is 32.2. The number of carbonyl (C=O) groups is 2. The molecule has 0 spiro atoms. The van der Waals surface area contributed by atoms with E-state index in [0.717, 1.165) is 5.56 Å². The van der Waals surface area contributed by atoms with Crippen LogP contribution >= 0.6 is 0 Å². The summed E-state index contributed by atoms with van der Waals surface area (Å²) in [5, 5.41) is 14.0. The Morgan fingerprint density at radius 2 is 2.10 bits per heavy atom. The molecule has 0 heterocycles. The molecule has 0 saturated carbocycles. The maximum atomic E-state index is 11.8. The predicted molar refractivity (Wildman–Crippen MR) is 82.9 cm³/mol. The van der Waals surface area contributed by atoms with E-state index in [9.17, 15) is 13.8 Å². The standard InChI is InChI=1S/C14H20N2O4S/c1-10(9-21(2)20)15-14(19)16-12-5-3-4-11(8-12)6-7-13(17)18/h3-5,8,10H,6-7,9H2,1-2H3,(H,17,18)(H2,15,16,19). The van der Waals surface area contributed by atoms with Crippen molar-refractivity contribution in [3.63, 3.8) is 0 Å². The molecule has 0 aliphatic rings. The lowest BCUT2D eigenvalue weighted by molar-refractivity contribution is -0.136. The first kappa shape index (κ1) is 17.2. The number of rotatable bonds is 7. The number of anilines is 1. The second kappa shape index (κ2) is 8.41. The number of carbonyl (C=O) groups excluding carboxylic acids is 1. The Kier molecular flexibility index (Phi) is 6.87. The normalized spacial score (nSPS) is 13.2. The molecule has 0 saturated heterocycles. The van der Waals surface area contributed by atoms with Crippen LogP contribution in [0.3, 0.4) is 0 Å². The van der Waals surface area contributed by atoms with Crippen LogP contribution in [0.2, 0.25) is 0 Å². The number of benzene rings is 1. The zero-order valence-corrected chi connectivity index (χ0v) is 12.9. The highest BCUT2D eigenvalue weighted by Gasteiger charge is 2.09. The molecule has 1 aromatic rings. The van der Waals surface area contributed by atoms with Crippen LogP contribution in [0.25, 0.3) is 0 Å². The van der Waals surface area contributed by atoms with E-state index in [4.69, 9.17) is 5.11 Å². The van der Waals surface area contributed by atoms with Crippen LogP contribution in [0.1, 0.15) is 18.9 Å². The summed E-state index contributed by atoms with van der Waals surface area (Å²) in [5.74, 6) is -0.459. The van der Waals surface area contributed by atoms with Gasteiger partial charge >= 0.3 is 12.0 Å². The van der Waals surface area contributed by atoms with E-state index in [-0.39, 0.29) is 18.5 Å². The van der Waals surface area contributed by atoms with Gasteiger partial charge in [0.15, 0.2) is 0 Å². The van der Waals surface area contributed by atoms with Gasteiger partial charge in [0.05, 0.1) is 0 Å². The summed E-state index contributed by atoms with van der Waals surface area (Å²) in [4.78, 5) is 22.3. The largest absolute Gasteiger partial charge is 0.481 e. The molecule has 0 fully saturated rings. The number of nitrogens with one attached hydrogen (secondary N) is 2. The summed E-state index contributed by atoms with van der Waals surface area (Å²) < 4.78 is 11.1. The van der Waals surface area contributed by atoms with Crippen LogP contribution < -0.4 is 10.6 Å². The molecular formula is C14H20N2O4S. The van der Waals surface area contributed by atoms with Crippen LogP contribution in [0.4, 0.5) is 10.5 Å². The van der Waals surface area contributed by atoms with E-state index in [1.165, 1.54) is 0 Å². The molecule has 6 nitrogen and oxygen atoms in total. The van der Waals surface area contributed by atoms with E-state index < -0.39 is 16.8 Å². The lowest BCUT2D eigenvalue weighted by Gasteiger charge is -2.13. The lowest BCUT2D eigenvalue weighted by Crippen LogP contribution is -2.39. The summed E-state index contributed by atoms with van der Waals surface area (Å²) >= 11 is 0. The first-order valence-electron chi connectivity index (χ1n) is 6.55. The fourth-order valence-electron chi connectivity index (χ4n) is 1.84. The van der Waals surface area contributed by atoms with Crippen molar-refractivity contribution >= 4 is 28.5 Å². The number of hydrogen-bond acceptors (Lipinski definition) is 3. The molecule has 2 atom stereocenters. The fraction of sp³-hybridized carbons (Fsp3) is 0.429. The quantitative estimate of drug-likeness (QED) is 0.712. The molecule has 21 heavy (non-hydrogen) atoms. The Labute approximate surface area is 126 Å². The summed E-state index contributed by atoms with van der Waals surface area (Å²) in [6, 6.07) is 6.48. The number of carboxylic acids is 1. The van der Waals surface area contributed by atoms with E-state index in [1.54, 1.807) is 31.4 Å². The number of hydrogen-bond donors (Lipinski definition) is 3. The van der Waals surface area contributed by atoms with Crippen LogP contribution in [0, 0.1) is 0 Å². The van der Waals surface area contributed by atoms with Crippen LogP contribution in [-0.4, -0.2) is 39.4 Å². The number of urea groups is 1. The minimum Gasteiger partial charge on any atom is -0.481 e. The SMILES string of the molecule is CC(CS(C)=O)NC(=O)Nc1cccc(CCC(=O)O)c1. The van der Waals surface area contributed by atoms with Crippen molar-refractivity contribution < 1.29 is 18.9 Å². The van der Waals surface area contributed by atoms with Gasteiger partial charge in [-0.3, -0.25) is 9.00 Å². The van der Waals surface area contributed by atoms with Crippen molar-refractivity contribution in [2.24, 2.45) is 0 Å². The maximum absolute atomic E-state index is 11.8. The Morgan fingerprint density at radius 1 is 1.38 bits per heavy atom. The molecule has 0 aliphatic carbocycles. The molecule has 7 heteroatoms. The monoisotopic (exact) mass is 312 g/mol. The van der Waals surface area contributed by atoms with Gasteiger partial charge in [0, 0.05) is 41.0 Å². The molecule has 2 amide bonds.